The quantitative estimate of drug-likeness (QED) is 0.281. The first kappa shape index (κ1) is 23.2. The minimum atomic E-state index is -0.776. The molecule has 0 spiro atoms. The molecule has 36 heavy (non-hydrogen) atoms. The van der Waals surface area contributed by atoms with E-state index in [4.69, 9.17) is 4.42 Å². The van der Waals surface area contributed by atoms with Gasteiger partial charge < -0.3 is 20.0 Å². The molecule has 5 aromatic rings. The molecule has 0 saturated heterocycles. The Morgan fingerprint density at radius 2 is 1.44 bits per heavy atom. The number of fused-ring (bicyclic) bond motifs is 1. The lowest BCUT2D eigenvalue weighted by atomic mass is 9.90. The summed E-state index contributed by atoms with van der Waals surface area (Å²) in [6.07, 6.45) is 3.81. The van der Waals surface area contributed by atoms with Crippen LogP contribution in [0.3, 0.4) is 0 Å². The van der Waals surface area contributed by atoms with Crippen LogP contribution in [0.1, 0.15) is 28.4 Å². The molecule has 2 amide bonds. The number of carbonyl (C=O) groups excluding carboxylic acids is 2. The van der Waals surface area contributed by atoms with Crippen LogP contribution < -0.4 is 10.6 Å². The smallest absolute Gasteiger partial charge is 0.243 e. The molecule has 0 fully saturated rings. The number of rotatable bonds is 9. The van der Waals surface area contributed by atoms with Crippen molar-refractivity contribution in [2.24, 2.45) is 0 Å². The van der Waals surface area contributed by atoms with Gasteiger partial charge in [-0.2, -0.15) is 0 Å². The van der Waals surface area contributed by atoms with E-state index in [1.54, 1.807) is 18.4 Å². The zero-order valence-electron chi connectivity index (χ0n) is 19.7. The third kappa shape index (κ3) is 5.23. The second-order valence-corrected chi connectivity index (χ2v) is 8.68. The Bertz CT molecular complexity index is 1390. The van der Waals surface area contributed by atoms with Crippen molar-refractivity contribution in [1.82, 2.24) is 15.6 Å². The Kier molecular flexibility index (Phi) is 6.94. The van der Waals surface area contributed by atoms with Crippen molar-refractivity contribution in [1.29, 1.82) is 0 Å². The Balaban J connectivity index is 1.43. The molecule has 6 heteroatoms. The standard InChI is InChI=1S/C30H27N3O3/c34-29(32-20-24-14-9-17-36-24)27(18-23-19-31-26-16-8-7-15-25(23)26)33-30(35)28(21-10-3-1-4-11-21)22-12-5-2-6-13-22/h1-17,19,27-28,31H,18,20H2,(H,32,34)(H,33,35)/t27-/m1/s1. The first-order chi connectivity index (χ1) is 17.7. The van der Waals surface area contributed by atoms with Crippen LogP contribution in [0.25, 0.3) is 10.9 Å². The summed E-state index contributed by atoms with van der Waals surface area (Å²) in [6.45, 7) is 0.243. The van der Waals surface area contributed by atoms with Gasteiger partial charge >= 0.3 is 0 Å². The minimum Gasteiger partial charge on any atom is -0.467 e. The summed E-state index contributed by atoms with van der Waals surface area (Å²) in [7, 11) is 0. The molecule has 2 heterocycles. The number of furan rings is 1. The molecule has 0 radical (unpaired) electrons. The zero-order valence-corrected chi connectivity index (χ0v) is 19.7. The molecule has 5 rings (SSSR count). The van der Waals surface area contributed by atoms with Crippen molar-refractivity contribution in [3.63, 3.8) is 0 Å². The second-order valence-electron chi connectivity index (χ2n) is 8.68. The maximum absolute atomic E-state index is 13.8. The molecule has 2 aromatic heterocycles. The van der Waals surface area contributed by atoms with Crippen LogP contribution >= 0.6 is 0 Å². The molecule has 6 nitrogen and oxygen atoms in total. The lowest BCUT2D eigenvalue weighted by Gasteiger charge is -2.23. The highest BCUT2D eigenvalue weighted by Crippen LogP contribution is 2.26. The van der Waals surface area contributed by atoms with Gasteiger partial charge in [-0.15, -0.1) is 0 Å². The average molecular weight is 478 g/mol. The number of hydrogen-bond acceptors (Lipinski definition) is 3. The van der Waals surface area contributed by atoms with Crippen LogP contribution in [0, 0.1) is 0 Å². The van der Waals surface area contributed by atoms with Gasteiger partial charge in [0.05, 0.1) is 18.7 Å². The summed E-state index contributed by atoms with van der Waals surface area (Å²) in [6, 6.07) is 30.0. The van der Waals surface area contributed by atoms with E-state index in [1.807, 2.05) is 91.1 Å². The molecule has 0 aliphatic rings. The highest BCUT2D eigenvalue weighted by Gasteiger charge is 2.28. The van der Waals surface area contributed by atoms with Crippen molar-refractivity contribution in [3.05, 3.63) is 132 Å². The van der Waals surface area contributed by atoms with Crippen molar-refractivity contribution in [2.75, 3.05) is 0 Å². The van der Waals surface area contributed by atoms with E-state index in [0.717, 1.165) is 27.6 Å². The number of aromatic amines is 1. The van der Waals surface area contributed by atoms with Crippen LogP contribution in [0.15, 0.2) is 114 Å². The minimum absolute atomic E-state index is 0.231. The average Bonchev–Trinajstić information content (AvgIpc) is 3.59. The van der Waals surface area contributed by atoms with Crippen molar-refractivity contribution in [2.45, 2.75) is 24.9 Å². The maximum Gasteiger partial charge on any atom is 0.243 e. The fourth-order valence-electron chi connectivity index (χ4n) is 4.48. The summed E-state index contributed by atoms with van der Waals surface area (Å²) in [5.41, 5.74) is 3.67. The van der Waals surface area contributed by atoms with Gasteiger partial charge in [-0.1, -0.05) is 78.9 Å². The normalized spacial score (nSPS) is 11.9. The van der Waals surface area contributed by atoms with Crippen LogP contribution in [-0.2, 0) is 22.6 Å². The number of amides is 2. The third-order valence-corrected chi connectivity index (χ3v) is 6.28. The highest BCUT2D eigenvalue weighted by molar-refractivity contribution is 5.93. The fourth-order valence-corrected chi connectivity index (χ4v) is 4.48. The van der Waals surface area contributed by atoms with Crippen molar-refractivity contribution >= 4 is 22.7 Å². The topological polar surface area (TPSA) is 87.1 Å². The zero-order chi connectivity index (χ0) is 24.7. The van der Waals surface area contributed by atoms with Gasteiger partial charge in [-0.25, -0.2) is 0 Å². The number of nitrogens with one attached hydrogen (secondary N) is 3. The van der Waals surface area contributed by atoms with Gasteiger partial charge in [-0.3, -0.25) is 9.59 Å². The van der Waals surface area contributed by atoms with E-state index < -0.39 is 12.0 Å². The van der Waals surface area contributed by atoms with E-state index in [9.17, 15) is 9.59 Å². The highest BCUT2D eigenvalue weighted by atomic mass is 16.3. The molecule has 0 aliphatic carbocycles. The monoisotopic (exact) mass is 477 g/mol. The molecule has 0 bridgehead atoms. The van der Waals surface area contributed by atoms with Crippen molar-refractivity contribution in [3.8, 4) is 0 Å². The van der Waals surface area contributed by atoms with Gasteiger partial charge in [0.1, 0.15) is 11.8 Å². The maximum atomic E-state index is 13.8. The lowest BCUT2D eigenvalue weighted by molar-refractivity contribution is -0.129. The first-order valence-corrected chi connectivity index (χ1v) is 11.9. The van der Waals surface area contributed by atoms with Crippen molar-refractivity contribution < 1.29 is 14.0 Å². The predicted molar refractivity (Wildman–Crippen MR) is 139 cm³/mol. The summed E-state index contributed by atoms with van der Waals surface area (Å²) >= 11 is 0. The first-order valence-electron chi connectivity index (χ1n) is 11.9. The Labute approximate surface area is 209 Å². The van der Waals surface area contributed by atoms with Crippen LogP contribution in [0.5, 0.6) is 0 Å². The van der Waals surface area contributed by atoms with E-state index in [-0.39, 0.29) is 18.4 Å². The molecular weight excluding hydrogens is 450 g/mol. The Morgan fingerprint density at radius 3 is 2.11 bits per heavy atom. The summed E-state index contributed by atoms with van der Waals surface area (Å²) < 4.78 is 5.36. The van der Waals surface area contributed by atoms with Crippen LogP contribution in [0.2, 0.25) is 0 Å². The second kappa shape index (κ2) is 10.8. The number of benzene rings is 3. The number of para-hydroxylation sites is 1. The molecule has 3 aromatic carbocycles. The molecule has 0 saturated carbocycles. The van der Waals surface area contributed by atoms with E-state index in [0.29, 0.717) is 12.2 Å². The predicted octanol–water partition coefficient (Wildman–Crippen LogP) is 4.94. The SMILES string of the molecule is O=C(N[C@H](Cc1c[nH]c2ccccc12)C(=O)NCc1ccco1)C(c1ccccc1)c1ccccc1. The number of carbonyl (C=O) groups is 2. The van der Waals surface area contributed by atoms with Crippen LogP contribution in [-0.4, -0.2) is 22.8 Å². The summed E-state index contributed by atoms with van der Waals surface area (Å²) in [4.78, 5) is 30.4. The molecular formula is C30H27N3O3. The summed E-state index contributed by atoms with van der Waals surface area (Å²) in [5.74, 6) is -0.405. The number of hydrogen-bond donors (Lipinski definition) is 3. The van der Waals surface area contributed by atoms with Gasteiger partial charge in [0, 0.05) is 23.5 Å². The lowest BCUT2D eigenvalue weighted by Crippen LogP contribution is -2.49. The van der Waals surface area contributed by atoms with E-state index in [2.05, 4.69) is 15.6 Å². The summed E-state index contributed by atoms with van der Waals surface area (Å²) in [5, 5.41) is 6.99. The molecule has 0 unspecified atom stereocenters. The Hall–Kier alpha value is -4.58. The van der Waals surface area contributed by atoms with Crippen LogP contribution in [0.4, 0.5) is 0 Å². The molecule has 180 valence electrons. The molecule has 3 N–H and O–H groups in total. The van der Waals surface area contributed by atoms with Gasteiger partial charge in [0.15, 0.2) is 0 Å². The largest absolute Gasteiger partial charge is 0.467 e. The number of H-pyrrole nitrogens is 1. The van der Waals surface area contributed by atoms with Gasteiger partial charge in [0.2, 0.25) is 11.8 Å². The third-order valence-electron chi connectivity index (χ3n) is 6.28. The molecule has 1 atom stereocenters. The Morgan fingerprint density at radius 1 is 0.778 bits per heavy atom. The fraction of sp³-hybridized carbons (Fsp3) is 0.133. The number of aromatic nitrogens is 1. The van der Waals surface area contributed by atoms with Gasteiger partial charge in [-0.05, 0) is 34.9 Å². The molecule has 0 aliphatic heterocycles. The van der Waals surface area contributed by atoms with Gasteiger partial charge in [0.25, 0.3) is 0 Å². The van der Waals surface area contributed by atoms with E-state index >= 15 is 0 Å². The van der Waals surface area contributed by atoms with E-state index in [1.165, 1.54) is 0 Å².